The van der Waals surface area contributed by atoms with E-state index in [0.29, 0.717) is 5.75 Å². The van der Waals surface area contributed by atoms with E-state index in [4.69, 9.17) is 0 Å². The Morgan fingerprint density at radius 3 is 2.60 bits per heavy atom. The lowest BCUT2D eigenvalue weighted by atomic mass is 10.0. The maximum absolute atomic E-state index is 9.53. The Hall–Kier alpha value is -0.500. The molecule has 0 aliphatic heterocycles. The van der Waals surface area contributed by atoms with E-state index in [1.165, 1.54) is 31.2 Å². The van der Waals surface area contributed by atoms with Crippen molar-refractivity contribution in [3.05, 3.63) is 29.3 Å². The van der Waals surface area contributed by atoms with E-state index in [2.05, 4.69) is 22.0 Å². The molecule has 1 nitrogen and oxygen atoms in total. The molecule has 0 fully saturated rings. The zero-order valence-corrected chi connectivity index (χ0v) is 10.9. The van der Waals surface area contributed by atoms with Gasteiger partial charge in [0.15, 0.2) is 0 Å². The summed E-state index contributed by atoms with van der Waals surface area (Å²) in [5.41, 5.74) is 2.33. The van der Waals surface area contributed by atoms with Crippen molar-refractivity contribution in [2.75, 3.05) is 5.33 Å². The molecule has 84 valence electrons. The van der Waals surface area contributed by atoms with Gasteiger partial charge in [0, 0.05) is 5.33 Å². The first-order chi connectivity index (χ1) is 7.25. The van der Waals surface area contributed by atoms with E-state index < -0.39 is 0 Å². The summed E-state index contributed by atoms with van der Waals surface area (Å²) in [5.74, 6) is 0.424. The highest BCUT2D eigenvalue weighted by Gasteiger charge is 2.01. The van der Waals surface area contributed by atoms with Gasteiger partial charge in [0.25, 0.3) is 0 Å². The van der Waals surface area contributed by atoms with Gasteiger partial charge >= 0.3 is 0 Å². The number of aryl methyl sites for hydroxylation is 1. The lowest BCUT2D eigenvalue weighted by molar-refractivity contribution is 0.470. The summed E-state index contributed by atoms with van der Waals surface area (Å²) in [6.07, 6.45) is 6.14. The molecule has 0 aliphatic carbocycles. The normalized spacial score (nSPS) is 10.5. The average Bonchev–Trinajstić information content (AvgIpc) is 2.24. The number of hydrogen-bond acceptors (Lipinski definition) is 1. The maximum Gasteiger partial charge on any atom is 0.118 e. The van der Waals surface area contributed by atoms with Crippen molar-refractivity contribution < 1.29 is 5.11 Å². The van der Waals surface area contributed by atoms with Crippen LogP contribution < -0.4 is 0 Å². The number of rotatable bonds is 6. The molecule has 1 N–H and O–H groups in total. The van der Waals surface area contributed by atoms with Crippen LogP contribution in [-0.4, -0.2) is 10.4 Å². The Morgan fingerprint density at radius 2 is 1.87 bits per heavy atom. The summed E-state index contributed by atoms with van der Waals surface area (Å²) < 4.78 is 0. The van der Waals surface area contributed by atoms with E-state index in [-0.39, 0.29) is 0 Å². The number of phenolic OH excluding ortho intramolecular Hbond substituents is 1. The van der Waals surface area contributed by atoms with Crippen LogP contribution in [-0.2, 0) is 6.42 Å². The Labute approximate surface area is 101 Å². The van der Waals surface area contributed by atoms with Gasteiger partial charge in [-0.3, -0.25) is 0 Å². The first-order valence-corrected chi connectivity index (χ1v) is 6.71. The van der Waals surface area contributed by atoms with Crippen LogP contribution in [0.1, 0.15) is 36.8 Å². The first-order valence-electron chi connectivity index (χ1n) is 5.59. The van der Waals surface area contributed by atoms with Crippen molar-refractivity contribution >= 4 is 15.9 Å². The number of halogens is 1. The van der Waals surface area contributed by atoms with E-state index >= 15 is 0 Å². The third-order valence-electron chi connectivity index (χ3n) is 2.75. The average molecular weight is 271 g/mol. The lowest BCUT2D eigenvalue weighted by Gasteiger charge is -2.06. The third-order valence-corrected chi connectivity index (χ3v) is 3.31. The van der Waals surface area contributed by atoms with Crippen molar-refractivity contribution in [2.24, 2.45) is 0 Å². The van der Waals surface area contributed by atoms with Crippen LogP contribution in [0.25, 0.3) is 0 Å². The summed E-state index contributed by atoms with van der Waals surface area (Å²) in [6, 6.07) is 5.79. The molecular weight excluding hydrogens is 252 g/mol. The van der Waals surface area contributed by atoms with Crippen LogP contribution in [0.2, 0.25) is 0 Å². The molecule has 0 aromatic heterocycles. The fourth-order valence-electron chi connectivity index (χ4n) is 1.70. The highest BCUT2D eigenvalue weighted by molar-refractivity contribution is 9.09. The Bertz CT molecular complexity index is 297. The molecule has 0 radical (unpaired) electrons. The van der Waals surface area contributed by atoms with Gasteiger partial charge < -0.3 is 5.11 Å². The van der Waals surface area contributed by atoms with Gasteiger partial charge in [0.1, 0.15) is 5.75 Å². The summed E-state index contributed by atoms with van der Waals surface area (Å²) in [5, 5.41) is 10.6. The number of phenols is 1. The fourth-order valence-corrected chi connectivity index (χ4v) is 2.10. The van der Waals surface area contributed by atoms with E-state index in [1.54, 1.807) is 6.07 Å². The second kappa shape index (κ2) is 6.89. The minimum atomic E-state index is 0.424. The molecule has 0 amide bonds. The summed E-state index contributed by atoms with van der Waals surface area (Å²) in [4.78, 5) is 0. The predicted molar refractivity (Wildman–Crippen MR) is 68.8 cm³/mol. The zero-order valence-electron chi connectivity index (χ0n) is 9.30. The number of aromatic hydroxyl groups is 1. The highest BCUT2D eigenvalue weighted by Crippen LogP contribution is 2.21. The molecule has 0 saturated carbocycles. The van der Waals surface area contributed by atoms with Crippen LogP contribution in [0.5, 0.6) is 5.75 Å². The monoisotopic (exact) mass is 270 g/mol. The van der Waals surface area contributed by atoms with Crippen LogP contribution >= 0.6 is 15.9 Å². The fraction of sp³-hybridized carbons (Fsp3) is 0.538. The van der Waals surface area contributed by atoms with Gasteiger partial charge in [-0.25, -0.2) is 0 Å². The first kappa shape index (κ1) is 12.6. The molecule has 1 rings (SSSR count). The van der Waals surface area contributed by atoms with Crippen LogP contribution in [0, 0.1) is 6.92 Å². The predicted octanol–water partition coefficient (Wildman–Crippen LogP) is 4.20. The van der Waals surface area contributed by atoms with Gasteiger partial charge in [0.05, 0.1) is 0 Å². The molecule has 1 aromatic rings. The molecular formula is C13H19BrO. The van der Waals surface area contributed by atoms with Gasteiger partial charge in [-0.15, -0.1) is 0 Å². The van der Waals surface area contributed by atoms with Crippen molar-refractivity contribution in [1.82, 2.24) is 0 Å². The van der Waals surface area contributed by atoms with Crippen LogP contribution in [0.3, 0.4) is 0 Å². The number of benzene rings is 1. The van der Waals surface area contributed by atoms with Gasteiger partial charge in [-0.2, -0.15) is 0 Å². The van der Waals surface area contributed by atoms with Gasteiger partial charge in [-0.05, 0) is 43.4 Å². The zero-order chi connectivity index (χ0) is 11.1. The van der Waals surface area contributed by atoms with E-state index in [0.717, 1.165) is 17.3 Å². The van der Waals surface area contributed by atoms with Gasteiger partial charge in [-0.1, -0.05) is 40.9 Å². The maximum atomic E-state index is 9.53. The highest BCUT2D eigenvalue weighted by atomic mass is 79.9. The summed E-state index contributed by atoms with van der Waals surface area (Å²) >= 11 is 3.43. The van der Waals surface area contributed by atoms with Crippen molar-refractivity contribution in [3.8, 4) is 5.75 Å². The Kier molecular flexibility index (Phi) is 5.77. The van der Waals surface area contributed by atoms with Crippen LogP contribution in [0.15, 0.2) is 18.2 Å². The molecule has 1 aromatic carbocycles. The molecule has 15 heavy (non-hydrogen) atoms. The molecule has 0 bridgehead atoms. The molecule has 0 unspecified atom stereocenters. The number of unbranched alkanes of at least 4 members (excludes halogenated alkanes) is 3. The second-order valence-electron chi connectivity index (χ2n) is 3.91. The SMILES string of the molecule is Cc1c(O)cccc1CCCCCCBr. The van der Waals surface area contributed by atoms with Crippen LogP contribution in [0.4, 0.5) is 0 Å². The quantitative estimate of drug-likeness (QED) is 0.607. The number of hydrogen-bond donors (Lipinski definition) is 1. The topological polar surface area (TPSA) is 20.2 Å². The molecule has 0 spiro atoms. The standard InChI is InChI=1S/C13H19BrO/c1-11-12(8-6-9-13(11)15)7-4-2-3-5-10-14/h6,8-9,15H,2-5,7,10H2,1H3. The van der Waals surface area contributed by atoms with Crippen molar-refractivity contribution in [3.63, 3.8) is 0 Å². The second-order valence-corrected chi connectivity index (χ2v) is 4.71. The Morgan fingerprint density at radius 1 is 1.13 bits per heavy atom. The smallest absolute Gasteiger partial charge is 0.118 e. The largest absolute Gasteiger partial charge is 0.508 e. The third kappa shape index (κ3) is 4.25. The van der Waals surface area contributed by atoms with Crippen molar-refractivity contribution in [1.29, 1.82) is 0 Å². The minimum Gasteiger partial charge on any atom is -0.508 e. The van der Waals surface area contributed by atoms with Crippen molar-refractivity contribution in [2.45, 2.75) is 39.0 Å². The lowest BCUT2D eigenvalue weighted by Crippen LogP contribution is -1.90. The van der Waals surface area contributed by atoms with Gasteiger partial charge in [0.2, 0.25) is 0 Å². The molecule has 2 heteroatoms. The summed E-state index contributed by atoms with van der Waals surface area (Å²) in [6.45, 7) is 1.99. The minimum absolute atomic E-state index is 0.424. The van der Waals surface area contributed by atoms with E-state index in [1.807, 2.05) is 13.0 Å². The number of alkyl halides is 1. The summed E-state index contributed by atoms with van der Waals surface area (Å²) in [7, 11) is 0. The van der Waals surface area contributed by atoms with E-state index in [9.17, 15) is 5.11 Å². The molecule has 0 heterocycles. The Balaban J connectivity index is 2.34. The molecule has 0 saturated heterocycles. The molecule has 0 aliphatic rings. The molecule has 0 atom stereocenters.